The lowest BCUT2D eigenvalue weighted by Gasteiger charge is -2.13. The molecule has 0 saturated carbocycles. The van der Waals surface area contributed by atoms with Crippen LogP contribution in [0.4, 0.5) is 33.5 Å². The molecule has 0 atom stereocenters. The van der Waals surface area contributed by atoms with Crippen molar-refractivity contribution in [3.8, 4) is 16.9 Å². The highest BCUT2D eigenvalue weighted by atomic mass is 19.4. The fourth-order valence-corrected chi connectivity index (χ4v) is 2.53. The number of anilines is 2. The predicted octanol–water partition coefficient (Wildman–Crippen LogP) is 5.37. The number of halogens is 5. The molecule has 0 unspecified atom stereocenters. The highest BCUT2D eigenvalue weighted by Gasteiger charge is 2.31. The zero-order chi connectivity index (χ0) is 21.2. The van der Waals surface area contributed by atoms with Crippen molar-refractivity contribution in [2.45, 2.75) is 6.36 Å². The van der Waals surface area contributed by atoms with Crippen LogP contribution in [-0.4, -0.2) is 22.4 Å². The largest absolute Gasteiger partial charge is 0.573 e. The van der Waals surface area contributed by atoms with Crippen molar-refractivity contribution in [1.29, 1.82) is 0 Å². The van der Waals surface area contributed by atoms with Gasteiger partial charge in [-0.05, 0) is 47.5 Å². The standard InChI is InChI=1S/C19H11F5N2O3/c20-14-8-11(10-3-1-4-12(7-10)29-19(22,23)24)9-15(21)16(14)26-17-13(18(27)28)5-2-6-25-17/h1-9H,(H,25,26)(H,27,28). The number of pyridine rings is 1. The molecule has 29 heavy (non-hydrogen) atoms. The Hall–Kier alpha value is -3.69. The number of nitrogens with zero attached hydrogens (tertiary/aromatic N) is 1. The molecule has 10 heteroatoms. The summed E-state index contributed by atoms with van der Waals surface area (Å²) in [6.07, 6.45) is -3.67. The molecule has 1 aromatic heterocycles. The highest BCUT2D eigenvalue weighted by molar-refractivity contribution is 5.94. The van der Waals surface area contributed by atoms with Crippen molar-refractivity contribution >= 4 is 17.5 Å². The number of benzene rings is 2. The first-order chi connectivity index (χ1) is 13.6. The summed E-state index contributed by atoms with van der Waals surface area (Å²) in [5.41, 5.74) is -0.914. The number of hydrogen-bond acceptors (Lipinski definition) is 4. The zero-order valence-electron chi connectivity index (χ0n) is 14.3. The number of ether oxygens (including phenoxy) is 1. The van der Waals surface area contributed by atoms with Crippen LogP contribution in [0.3, 0.4) is 0 Å². The Balaban J connectivity index is 1.95. The number of alkyl halides is 3. The third kappa shape index (κ3) is 4.78. The Kier molecular flexibility index (Phi) is 5.35. The second-order valence-corrected chi connectivity index (χ2v) is 5.72. The molecule has 5 nitrogen and oxygen atoms in total. The summed E-state index contributed by atoms with van der Waals surface area (Å²) in [5, 5.41) is 11.4. The zero-order valence-corrected chi connectivity index (χ0v) is 14.3. The number of carbonyl (C=O) groups is 1. The molecule has 3 rings (SSSR count). The summed E-state index contributed by atoms with van der Waals surface area (Å²) in [4.78, 5) is 14.9. The molecule has 0 aliphatic carbocycles. The topological polar surface area (TPSA) is 71.5 Å². The van der Waals surface area contributed by atoms with Crippen LogP contribution in [0.25, 0.3) is 11.1 Å². The average Bonchev–Trinajstić information content (AvgIpc) is 2.63. The van der Waals surface area contributed by atoms with Crippen molar-refractivity contribution in [1.82, 2.24) is 4.98 Å². The molecule has 0 aliphatic heterocycles. The number of carboxylic acids is 1. The number of hydrogen-bond donors (Lipinski definition) is 2. The smallest absolute Gasteiger partial charge is 0.478 e. The maximum atomic E-state index is 14.5. The van der Waals surface area contributed by atoms with Crippen molar-refractivity contribution in [3.05, 3.63) is 71.9 Å². The average molecular weight is 410 g/mol. The molecule has 0 radical (unpaired) electrons. The van der Waals surface area contributed by atoms with Gasteiger partial charge < -0.3 is 15.2 Å². The molecule has 1 heterocycles. The van der Waals surface area contributed by atoms with E-state index >= 15 is 0 Å². The van der Waals surface area contributed by atoms with Crippen molar-refractivity contribution in [3.63, 3.8) is 0 Å². The first-order valence-electron chi connectivity index (χ1n) is 7.94. The molecule has 0 amide bonds. The summed E-state index contributed by atoms with van der Waals surface area (Å²) >= 11 is 0. The molecule has 3 aromatic rings. The Bertz CT molecular complexity index is 1050. The molecule has 0 saturated heterocycles. The number of aromatic carboxylic acids is 1. The van der Waals surface area contributed by atoms with Crippen LogP contribution >= 0.6 is 0 Å². The molecule has 150 valence electrons. The van der Waals surface area contributed by atoms with Gasteiger partial charge in [-0.1, -0.05) is 12.1 Å². The predicted molar refractivity (Wildman–Crippen MR) is 93.0 cm³/mol. The van der Waals surface area contributed by atoms with E-state index in [4.69, 9.17) is 5.11 Å². The first-order valence-corrected chi connectivity index (χ1v) is 7.94. The minimum absolute atomic E-state index is 0.0438. The van der Waals surface area contributed by atoms with Gasteiger partial charge in [-0.15, -0.1) is 13.2 Å². The van der Waals surface area contributed by atoms with Crippen LogP contribution in [0.5, 0.6) is 5.75 Å². The molecule has 2 N–H and O–H groups in total. The van der Waals surface area contributed by atoms with E-state index in [0.717, 1.165) is 24.3 Å². The number of nitrogens with one attached hydrogen (secondary N) is 1. The van der Waals surface area contributed by atoms with Gasteiger partial charge in [0.15, 0.2) is 0 Å². The lowest BCUT2D eigenvalue weighted by atomic mass is 10.0. The molecule has 0 aliphatic rings. The van der Waals surface area contributed by atoms with E-state index in [1.807, 2.05) is 0 Å². The van der Waals surface area contributed by atoms with Gasteiger partial charge in [-0.3, -0.25) is 0 Å². The number of rotatable bonds is 5. The van der Waals surface area contributed by atoms with Crippen LogP contribution in [-0.2, 0) is 0 Å². The van der Waals surface area contributed by atoms with Crippen molar-refractivity contribution < 1.29 is 36.6 Å². The molecule has 0 bridgehead atoms. The Morgan fingerprint density at radius 1 is 1.00 bits per heavy atom. The van der Waals surface area contributed by atoms with Gasteiger partial charge in [-0.25, -0.2) is 18.6 Å². The van der Waals surface area contributed by atoms with Crippen LogP contribution < -0.4 is 10.1 Å². The third-order valence-electron chi connectivity index (χ3n) is 3.72. The SMILES string of the molecule is O=C(O)c1cccnc1Nc1c(F)cc(-c2cccc(OC(F)(F)F)c2)cc1F. The van der Waals surface area contributed by atoms with Gasteiger partial charge in [-0.2, -0.15) is 0 Å². The number of carboxylic acid groups (broad SMARTS) is 1. The lowest BCUT2D eigenvalue weighted by Crippen LogP contribution is -2.17. The fraction of sp³-hybridized carbons (Fsp3) is 0.0526. The quantitative estimate of drug-likeness (QED) is 0.554. The number of aromatic nitrogens is 1. The Morgan fingerprint density at radius 3 is 2.31 bits per heavy atom. The third-order valence-corrected chi connectivity index (χ3v) is 3.72. The minimum Gasteiger partial charge on any atom is -0.478 e. The molecule has 0 spiro atoms. The van der Waals surface area contributed by atoms with E-state index in [9.17, 15) is 26.7 Å². The van der Waals surface area contributed by atoms with Gasteiger partial charge >= 0.3 is 12.3 Å². The summed E-state index contributed by atoms with van der Waals surface area (Å²) in [6, 6.07) is 8.96. The van der Waals surface area contributed by atoms with Gasteiger partial charge in [0.2, 0.25) is 0 Å². The summed E-state index contributed by atoms with van der Waals surface area (Å²) in [5.74, 6) is -4.35. The highest BCUT2D eigenvalue weighted by Crippen LogP contribution is 2.32. The minimum atomic E-state index is -4.91. The molecule has 0 fully saturated rings. The van der Waals surface area contributed by atoms with Crippen LogP contribution in [0.2, 0.25) is 0 Å². The van der Waals surface area contributed by atoms with E-state index in [1.54, 1.807) is 0 Å². The van der Waals surface area contributed by atoms with Gasteiger partial charge in [0.1, 0.15) is 34.5 Å². The van der Waals surface area contributed by atoms with E-state index in [0.29, 0.717) is 0 Å². The summed E-state index contributed by atoms with van der Waals surface area (Å²) in [7, 11) is 0. The van der Waals surface area contributed by atoms with Crippen molar-refractivity contribution in [2.75, 3.05) is 5.32 Å². The van der Waals surface area contributed by atoms with Crippen molar-refractivity contribution in [2.24, 2.45) is 0 Å². The van der Waals surface area contributed by atoms with Crippen LogP contribution in [0.15, 0.2) is 54.7 Å². The second kappa shape index (κ2) is 7.74. The normalized spacial score (nSPS) is 11.2. The fourth-order valence-electron chi connectivity index (χ4n) is 2.53. The molecular formula is C19H11F5N2O3. The van der Waals surface area contributed by atoms with E-state index in [2.05, 4.69) is 15.0 Å². The summed E-state index contributed by atoms with van der Waals surface area (Å²) < 4.78 is 69.9. The Morgan fingerprint density at radius 2 is 1.69 bits per heavy atom. The van der Waals surface area contributed by atoms with Crippen LogP contribution in [0.1, 0.15) is 10.4 Å². The lowest BCUT2D eigenvalue weighted by molar-refractivity contribution is -0.274. The van der Waals surface area contributed by atoms with E-state index < -0.39 is 35.4 Å². The Labute approximate surface area is 160 Å². The molecular weight excluding hydrogens is 399 g/mol. The summed E-state index contributed by atoms with van der Waals surface area (Å²) in [6.45, 7) is 0. The van der Waals surface area contributed by atoms with Gasteiger partial charge in [0.05, 0.1) is 0 Å². The molecule has 2 aromatic carbocycles. The van der Waals surface area contributed by atoms with Gasteiger partial charge in [0, 0.05) is 6.20 Å². The van der Waals surface area contributed by atoms with Crippen LogP contribution in [0, 0.1) is 11.6 Å². The maximum Gasteiger partial charge on any atom is 0.573 e. The van der Waals surface area contributed by atoms with E-state index in [1.165, 1.54) is 30.5 Å². The first kappa shape index (κ1) is 20.1. The van der Waals surface area contributed by atoms with Gasteiger partial charge in [0.25, 0.3) is 0 Å². The maximum absolute atomic E-state index is 14.5. The monoisotopic (exact) mass is 410 g/mol. The second-order valence-electron chi connectivity index (χ2n) is 5.72. The van der Waals surface area contributed by atoms with E-state index in [-0.39, 0.29) is 22.5 Å².